The highest BCUT2D eigenvalue weighted by molar-refractivity contribution is 5.71. The summed E-state index contributed by atoms with van der Waals surface area (Å²) in [5.41, 5.74) is 3.44. The van der Waals surface area contributed by atoms with Gasteiger partial charge in [0, 0.05) is 16.5 Å². The molecule has 1 heterocycles. The fourth-order valence-electron chi connectivity index (χ4n) is 3.50. The molecule has 1 aliphatic rings. The van der Waals surface area contributed by atoms with Gasteiger partial charge in [-0.15, -0.1) is 0 Å². The molecule has 0 aliphatic carbocycles. The molecular weight excluding hydrogens is 276 g/mol. The molecule has 0 spiro atoms. The van der Waals surface area contributed by atoms with E-state index in [0.29, 0.717) is 6.61 Å². The topological polar surface area (TPSA) is 27.7 Å². The van der Waals surface area contributed by atoms with Crippen LogP contribution in [-0.4, -0.2) is 20.8 Å². The van der Waals surface area contributed by atoms with Crippen molar-refractivity contribution in [2.24, 2.45) is 10.8 Å². The molecule has 0 N–H and O–H groups in total. The molecule has 22 heavy (non-hydrogen) atoms. The van der Waals surface area contributed by atoms with Gasteiger partial charge in [-0.25, -0.2) is 0 Å². The van der Waals surface area contributed by atoms with Gasteiger partial charge in [-0.05, 0) is 30.0 Å². The second kappa shape index (κ2) is 5.53. The number of rotatable bonds is 3. The van der Waals surface area contributed by atoms with Crippen molar-refractivity contribution in [3.8, 4) is 11.5 Å². The van der Waals surface area contributed by atoms with E-state index in [2.05, 4.69) is 34.6 Å². The SMILES string of the molecule is COc1cc(C2=C(C(C)(C)C)C(C)(C)CO2)cc(OC)c1C. The van der Waals surface area contributed by atoms with Gasteiger partial charge < -0.3 is 14.2 Å². The van der Waals surface area contributed by atoms with E-state index in [4.69, 9.17) is 14.2 Å². The lowest BCUT2D eigenvalue weighted by Gasteiger charge is -2.31. The van der Waals surface area contributed by atoms with Crippen LogP contribution in [0.15, 0.2) is 17.7 Å². The van der Waals surface area contributed by atoms with Crippen molar-refractivity contribution in [3.63, 3.8) is 0 Å². The minimum absolute atomic E-state index is 0.0267. The Balaban J connectivity index is 2.69. The Labute approximate surface area is 134 Å². The summed E-state index contributed by atoms with van der Waals surface area (Å²) in [5, 5.41) is 0. The first-order chi connectivity index (χ1) is 10.1. The molecule has 3 heteroatoms. The van der Waals surface area contributed by atoms with Crippen molar-refractivity contribution >= 4 is 5.76 Å². The minimum atomic E-state index is 0.0267. The molecule has 2 rings (SSSR count). The summed E-state index contributed by atoms with van der Waals surface area (Å²) in [5.74, 6) is 2.61. The van der Waals surface area contributed by atoms with Crippen LogP contribution < -0.4 is 9.47 Å². The molecule has 0 unspecified atom stereocenters. The average Bonchev–Trinajstić information content (AvgIpc) is 2.74. The molecule has 1 aromatic carbocycles. The van der Waals surface area contributed by atoms with Gasteiger partial charge in [0.2, 0.25) is 0 Å². The van der Waals surface area contributed by atoms with Crippen LogP contribution in [0.25, 0.3) is 5.76 Å². The lowest BCUT2D eigenvalue weighted by molar-refractivity contribution is 0.213. The Morgan fingerprint density at radius 3 is 1.95 bits per heavy atom. The van der Waals surface area contributed by atoms with Crippen LogP contribution >= 0.6 is 0 Å². The molecule has 0 saturated carbocycles. The van der Waals surface area contributed by atoms with Crippen molar-refractivity contribution in [1.29, 1.82) is 0 Å². The fourth-order valence-corrected chi connectivity index (χ4v) is 3.50. The summed E-state index contributed by atoms with van der Waals surface area (Å²) in [6, 6.07) is 4.08. The van der Waals surface area contributed by atoms with Gasteiger partial charge in [0.05, 0.1) is 20.8 Å². The van der Waals surface area contributed by atoms with E-state index < -0.39 is 0 Å². The van der Waals surface area contributed by atoms with E-state index in [1.54, 1.807) is 14.2 Å². The summed E-state index contributed by atoms with van der Waals surface area (Å²) in [4.78, 5) is 0. The number of ether oxygens (including phenoxy) is 3. The zero-order chi connectivity index (χ0) is 16.7. The Bertz CT molecular complexity index is 579. The Hall–Kier alpha value is -1.64. The Morgan fingerprint density at radius 2 is 1.55 bits per heavy atom. The van der Waals surface area contributed by atoms with E-state index in [-0.39, 0.29) is 10.8 Å². The van der Waals surface area contributed by atoms with Gasteiger partial charge in [0.1, 0.15) is 17.3 Å². The van der Waals surface area contributed by atoms with E-state index in [0.717, 1.165) is 28.4 Å². The smallest absolute Gasteiger partial charge is 0.127 e. The molecule has 122 valence electrons. The predicted molar refractivity (Wildman–Crippen MR) is 90.4 cm³/mol. The zero-order valence-corrected chi connectivity index (χ0v) is 15.1. The van der Waals surface area contributed by atoms with Crippen LogP contribution in [0.4, 0.5) is 0 Å². The Morgan fingerprint density at radius 1 is 1.05 bits per heavy atom. The maximum Gasteiger partial charge on any atom is 0.127 e. The quantitative estimate of drug-likeness (QED) is 0.801. The zero-order valence-electron chi connectivity index (χ0n) is 15.1. The maximum atomic E-state index is 6.10. The monoisotopic (exact) mass is 304 g/mol. The maximum absolute atomic E-state index is 6.10. The average molecular weight is 304 g/mol. The molecule has 1 aromatic rings. The van der Waals surface area contributed by atoms with Gasteiger partial charge in [0.25, 0.3) is 0 Å². The summed E-state index contributed by atoms with van der Waals surface area (Å²) < 4.78 is 17.1. The minimum Gasteiger partial charge on any atom is -0.496 e. The van der Waals surface area contributed by atoms with Crippen molar-refractivity contribution < 1.29 is 14.2 Å². The number of methoxy groups -OCH3 is 2. The summed E-state index contributed by atoms with van der Waals surface area (Å²) in [6.07, 6.45) is 0. The molecule has 0 aromatic heterocycles. The van der Waals surface area contributed by atoms with Crippen LogP contribution in [0.1, 0.15) is 45.7 Å². The Kier molecular flexibility index (Phi) is 4.20. The molecule has 0 saturated heterocycles. The van der Waals surface area contributed by atoms with Crippen LogP contribution in [0.2, 0.25) is 0 Å². The lowest BCUT2D eigenvalue weighted by Crippen LogP contribution is -2.24. The first-order valence-corrected chi connectivity index (χ1v) is 7.73. The normalized spacial score (nSPS) is 17.5. The summed E-state index contributed by atoms with van der Waals surface area (Å²) in [6.45, 7) is 13.9. The number of hydrogen-bond acceptors (Lipinski definition) is 3. The van der Waals surface area contributed by atoms with Crippen LogP contribution in [0.5, 0.6) is 11.5 Å². The van der Waals surface area contributed by atoms with Crippen LogP contribution in [0.3, 0.4) is 0 Å². The van der Waals surface area contributed by atoms with Gasteiger partial charge in [-0.3, -0.25) is 0 Å². The third-order valence-corrected chi connectivity index (χ3v) is 4.25. The third-order valence-electron chi connectivity index (χ3n) is 4.25. The van der Waals surface area contributed by atoms with Crippen LogP contribution in [-0.2, 0) is 4.74 Å². The third kappa shape index (κ3) is 2.81. The van der Waals surface area contributed by atoms with Gasteiger partial charge in [-0.2, -0.15) is 0 Å². The predicted octanol–water partition coefficient (Wildman–Crippen LogP) is 4.83. The standard InChI is InChI=1S/C19H28O3/c1-12-14(20-7)9-13(10-15(12)21-8)16-17(18(2,3)4)19(5,6)11-22-16/h9-10H,11H2,1-8H3. The highest BCUT2D eigenvalue weighted by Crippen LogP contribution is 2.50. The largest absolute Gasteiger partial charge is 0.496 e. The first kappa shape index (κ1) is 16.7. The second-order valence-electron chi connectivity index (χ2n) is 7.63. The summed E-state index contributed by atoms with van der Waals surface area (Å²) >= 11 is 0. The highest BCUT2D eigenvalue weighted by Gasteiger charge is 2.41. The van der Waals surface area contributed by atoms with Crippen molar-refractivity contribution in [1.82, 2.24) is 0 Å². The van der Waals surface area contributed by atoms with E-state index in [9.17, 15) is 0 Å². The fraction of sp³-hybridized carbons (Fsp3) is 0.579. The number of benzene rings is 1. The van der Waals surface area contributed by atoms with Crippen molar-refractivity contribution in [3.05, 3.63) is 28.8 Å². The van der Waals surface area contributed by atoms with E-state index in [1.807, 2.05) is 19.1 Å². The lowest BCUT2D eigenvalue weighted by atomic mass is 9.71. The van der Waals surface area contributed by atoms with Gasteiger partial charge in [0.15, 0.2) is 0 Å². The number of hydrogen-bond donors (Lipinski definition) is 0. The second-order valence-corrected chi connectivity index (χ2v) is 7.63. The molecule has 3 nitrogen and oxygen atoms in total. The molecule has 0 atom stereocenters. The molecule has 1 aliphatic heterocycles. The van der Waals surface area contributed by atoms with E-state index in [1.165, 1.54) is 5.57 Å². The highest BCUT2D eigenvalue weighted by atomic mass is 16.5. The summed E-state index contributed by atoms with van der Waals surface area (Å²) in [7, 11) is 3.37. The van der Waals surface area contributed by atoms with E-state index >= 15 is 0 Å². The molecular formula is C19H28O3. The molecule has 0 amide bonds. The van der Waals surface area contributed by atoms with Gasteiger partial charge >= 0.3 is 0 Å². The molecule has 0 fully saturated rings. The molecule has 0 radical (unpaired) electrons. The van der Waals surface area contributed by atoms with Crippen molar-refractivity contribution in [2.45, 2.75) is 41.5 Å². The van der Waals surface area contributed by atoms with Crippen molar-refractivity contribution in [2.75, 3.05) is 20.8 Å². The first-order valence-electron chi connectivity index (χ1n) is 7.73. The van der Waals surface area contributed by atoms with Gasteiger partial charge in [-0.1, -0.05) is 34.6 Å². The van der Waals surface area contributed by atoms with Crippen LogP contribution in [0, 0.1) is 17.8 Å². The molecule has 0 bridgehead atoms.